The van der Waals surface area contributed by atoms with Crippen molar-refractivity contribution in [1.29, 1.82) is 0 Å². The molecule has 1 N–H and O–H groups in total. The largest absolute Gasteiger partial charge is 0.449 e. The predicted octanol–water partition coefficient (Wildman–Crippen LogP) is 3.18. The number of hydrogen-bond acceptors (Lipinski definition) is 6. The molecule has 0 bridgehead atoms. The van der Waals surface area contributed by atoms with Gasteiger partial charge in [0.1, 0.15) is 5.58 Å². The number of Topliss-reactive ketones (excluding diaryl/α,β-unsaturated/α-hetero) is 1. The minimum Gasteiger partial charge on any atom is -0.449 e. The van der Waals surface area contributed by atoms with Gasteiger partial charge in [-0.3, -0.25) is 14.4 Å². The molecule has 0 aliphatic rings. The number of carbonyl (C=O) groups excluding carboxylic acids is 3. The van der Waals surface area contributed by atoms with Gasteiger partial charge in [-0.15, -0.1) is 0 Å². The fraction of sp³-hybridized carbons (Fsp3) is 0.143. The van der Waals surface area contributed by atoms with Crippen LogP contribution in [0.15, 0.2) is 63.8 Å². The van der Waals surface area contributed by atoms with E-state index >= 15 is 0 Å². The maximum absolute atomic E-state index is 12.3. The Balaban J connectivity index is 1.69. The van der Waals surface area contributed by atoms with Crippen molar-refractivity contribution >= 4 is 34.3 Å². The van der Waals surface area contributed by atoms with E-state index in [1.165, 1.54) is 13.8 Å². The van der Waals surface area contributed by atoms with Crippen molar-refractivity contribution in [3.05, 3.63) is 76.1 Å². The summed E-state index contributed by atoms with van der Waals surface area (Å²) in [6.07, 6.45) is -1.13. The van der Waals surface area contributed by atoms with Gasteiger partial charge in [0.05, 0.1) is 5.39 Å². The third-order valence-corrected chi connectivity index (χ3v) is 4.05. The molecule has 0 aliphatic heterocycles. The normalized spacial score (nSPS) is 11.6. The molecule has 2 aromatic carbocycles. The lowest BCUT2D eigenvalue weighted by Gasteiger charge is -2.13. The highest BCUT2D eigenvalue weighted by Gasteiger charge is 2.21. The van der Waals surface area contributed by atoms with Gasteiger partial charge in [-0.25, -0.2) is 4.79 Å². The Morgan fingerprint density at radius 3 is 2.39 bits per heavy atom. The summed E-state index contributed by atoms with van der Waals surface area (Å²) in [5.74, 6) is -1.85. The van der Waals surface area contributed by atoms with Crippen molar-refractivity contribution in [3.8, 4) is 0 Å². The first-order valence-corrected chi connectivity index (χ1v) is 8.51. The Labute approximate surface area is 159 Å². The number of esters is 1. The van der Waals surface area contributed by atoms with Gasteiger partial charge in [0.2, 0.25) is 5.76 Å². The van der Waals surface area contributed by atoms with E-state index in [0.717, 1.165) is 6.07 Å². The van der Waals surface area contributed by atoms with E-state index in [4.69, 9.17) is 9.15 Å². The van der Waals surface area contributed by atoms with Crippen LogP contribution in [-0.4, -0.2) is 23.8 Å². The van der Waals surface area contributed by atoms with E-state index in [9.17, 15) is 19.2 Å². The zero-order chi connectivity index (χ0) is 20.3. The van der Waals surface area contributed by atoms with Gasteiger partial charge in [0.25, 0.3) is 5.91 Å². The highest BCUT2D eigenvalue weighted by atomic mass is 16.6. The van der Waals surface area contributed by atoms with Crippen molar-refractivity contribution in [2.45, 2.75) is 20.0 Å². The molecular weight excluding hydrogens is 362 g/mol. The lowest BCUT2D eigenvalue weighted by atomic mass is 10.1. The summed E-state index contributed by atoms with van der Waals surface area (Å²) in [4.78, 5) is 47.8. The SMILES string of the molecule is CC(=O)c1ccc(NC(=O)C(C)OC(=O)c2cc(=O)c3ccccc3o2)cc1. The number of nitrogens with one attached hydrogen (secondary N) is 1. The first kappa shape index (κ1) is 19.0. The van der Waals surface area contributed by atoms with Crippen LogP contribution < -0.4 is 10.7 Å². The maximum Gasteiger partial charge on any atom is 0.375 e. The second kappa shape index (κ2) is 7.87. The molecule has 0 spiro atoms. The van der Waals surface area contributed by atoms with E-state index < -0.39 is 18.0 Å². The Kier molecular flexibility index (Phi) is 5.35. The molecule has 3 aromatic rings. The molecule has 7 heteroatoms. The number of para-hydroxylation sites is 1. The van der Waals surface area contributed by atoms with Crippen LogP contribution in [0.1, 0.15) is 34.8 Å². The molecule has 1 amide bonds. The summed E-state index contributed by atoms with van der Waals surface area (Å²) in [5, 5.41) is 2.93. The van der Waals surface area contributed by atoms with Crippen LogP contribution >= 0.6 is 0 Å². The Bertz CT molecular complexity index is 1110. The van der Waals surface area contributed by atoms with E-state index in [1.54, 1.807) is 48.5 Å². The van der Waals surface area contributed by atoms with Gasteiger partial charge in [0, 0.05) is 17.3 Å². The van der Waals surface area contributed by atoms with E-state index in [0.29, 0.717) is 16.6 Å². The molecular formula is C21H17NO6. The van der Waals surface area contributed by atoms with Crippen LogP contribution in [0.2, 0.25) is 0 Å². The summed E-state index contributed by atoms with van der Waals surface area (Å²) < 4.78 is 10.5. The first-order valence-electron chi connectivity index (χ1n) is 8.51. The number of anilines is 1. The molecule has 0 fully saturated rings. The highest BCUT2D eigenvalue weighted by Crippen LogP contribution is 2.14. The molecule has 1 atom stereocenters. The van der Waals surface area contributed by atoms with Gasteiger partial charge in [0.15, 0.2) is 17.3 Å². The third kappa shape index (κ3) is 4.15. The lowest BCUT2D eigenvalue weighted by molar-refractivity contribution is -0.123. The second-order valence-electron chi connectivity index (χ2n) is 6.14. The average molecular weight is 379 g/mol. The molecule has 142 valence electrons. The second-order valence-corrected chi connectivity index (χ2v) is 6.14. The first-order chi connectivity index (χ1) is 13.3. The van der Waals surface area contributed by atoms with Crippen LogP contribution in [0.5, 0.6) is 0 Å². The molecule has 28 heavy (non-hydrogen) atoms. The summed E-state index contributed by atoms with van der Waals surface area (Å²) >= 11 is 0. The average Bonchev–Trinajstić information content (AvgIpc) is 2.68. The Morgan fingerprint density at radius 2 is 1.71 bits per heavy atom. The van der Waals surface area contributed by atoms with E-state index in [2.05, 4.69) is 5.32 Å². The molecule has 7 nitrogen and oxygen atoms in total. The number of fused-ring (bicyclic) bond motifs is 1. The fourth-order valence-corrected chi connectivity index (χ4v) is 2.51. The highest BCUT2D eigenvalue weighted by molar-refractivity contribution is 5.98. The van der Waals surface area contributed by atoms with Crippen LogP contribution in [0.3, 0.4) is 0 Å². The number of rotatable bonds is 5. The number of amides is 1. The standard InChI is InChI=1S/C21H17NO6/c1-12(23)14-7-9-15(10-8-14)22-20(25)13(2)27-21(26)19-11-17(24)16-5-3-4-6-18(16)28-19/h3-11,13H,1-2H3,(H,22,25). The van der Waals surface area contributed by atoms with Gasteiger partial charge in [-0.05, 0) is 50.2 Å². The summed E-state index contributed by atoms with van der Waals surface area (Å²) in [7, 11) is 0. The van der Waals surface area contributed by atoms with Gasteiger partial charge < -0.3 is 14.5 Å². The van der Waals surface area contributed by atoms with Crippen molar-refractivity contribution in [2.24, 2.45) is 0 Å². The lowest BCUT2D eigenvalue weighted by Crippen LogP contribution is -2.30. The number of ether oxygens (including phenoxy) is 1. The quantitative estimate of drug-likeness (QED) is 0.539. The van der Waals surface area contributed by atoms with Crippen molar-refractivity contribution < 1.29 is 23.5 Å². The minimum absolute atomic E-state index is 0.0861. The zero-order valence-electron chi connectivity index (χ0n) is 15.2. The molecule has 0 saturated carbocycles. The monoisotopic (exact) mass is 379 g/mol. The topological polar surface area (TPSA) is 103 Å². The van der Waals surface area contributed by atoms with Crippen molar-refractivity contribution in [3.63, 3.8) is 0 Å². The number of benzene rings is 2. The van der Waals surface area contributed by atoms with Crippen molar-refractivity contribution in [2.75, 3.05) is 5.32 Å². The van der Waals surface area contributed by atoms with Gasteiger partial charge in [-0.2, -0.15) is 0 Å². The molecule has 0 aliphatic carbocycles. The molecule has 1 heterocycles. The van der Waals surface area contributed by atoms with E-state index in [-0.39, 0.29) is 22.6 Å². The fourth-order valence-electron chi connectivity index (χ4n) is 2.51. The van der Waals surface area contributed by atoms with Crippen LogP contribution in [0, 0.1) is 0 Å². The summed E-state index contributed by atoms with van der Waals surface area (Å²) in [6, 6.07) is 13.9. The minimum atomic E-state index is -1.13. The number of hydrogen-bond donors (Lipinski definition) is 1. The number of carbonyl (C=O) groups is 3. The molecule has 0 radical (unpaired) electrons. The molecule has 0 saturated heterocycles. The smallest absolute Gasteiger partial charge is 0.375 e. The Morgan fingerprint density at radius 1 is 1.04 bits per heavy atom. The van der Waals surface area contributed by atoms with E-state index in [1.807, 2.05) is 0 Å². The Hall–Kier alpha value is -3.74. The summed E-state index contributed by atoms with van der Waals surface area (Å²) in [6.45, 7) is 2.84. The number of ketones is 1. The summed E-state index contributed by atoms with van der Waals surface area (Å²) in [5.41, 5.74) is 0.847. The van der Waals surface area contributed by atoms with Crippen LogP contribution in [0.4, 0.5) is 5.69 Å². The van der Waals surface area contributed by atoms with Crippen molar-refractivity contribution in [1.82, 2.24) is 0 Å². The molecule has 1 aromatic heterocycles. The third-order valence-electron chi connectivity index (χ3n) is 4.05. The van der Waals surface area contributed by atoms with Gasteiger partial charge in [-0.1, -0.05) is 12.1 Å². The van der Waals surface area contributed by atoms with Crippen LogP contribution in [0.25, 0.3) is 11.0 Å². The maximum atomic E-state index is 12.3. The van der Waals surface area contributed by atoms with Gasteiger partial charge >= 0.3 is 5.97 Å². The van der Waals surface area contributed by atoms with Crippen LogP contribution in [-0.2, 0) is 9.53 Å². The zero-order valence-corrected chi connectivity index (χ0v) is 15.2. The molecule has 3 rings (SSSR count). The predicted molar refractivity (Wildman–Crippen MR) is 102 cm³/mol. The molecule has 1 unspecified atom stereocenters.